The maximum absolute atomic E-state index is 11.5. The molecule has 1 saturated carbocycles. The number of amides is 3. The molecule has 1 aliphatic rings. The van der Waals surface area contributed by atoms with Gasteiger partial charge in [-0.05, 0) is 24.0 Å². The average molecular weight is 300 g/mol. The van der Waals surface area contributed by atoms with Gasteiger partial charge in [-0.25, -0.2) is 4.79 Å². The molecular formula is C13H20N2O4S. The molecule has 0 aromatic rings. The number of nitrogens with one attached hydrogen (secondary N) is 2. The highest BCUT2D eigenvalue weighted by Crippen LogP contribution is 2.51. The normalized spacial score (nSPS) is 15.1. The van der Waals surface area contributed by atoms with Gasteiger partial charge in [0.1, 0.15) is 0 Å². The minimum absolute atomic E-state index is 0.0108. The van der Waals surface area contributed by atoms with E-state index in [1.54, 1.807) is 0 Å². The van der Waals surface area contributed by atoms with Crippen LogP contribution in [0.4, 0.5) is 4.79 Å². The molecule has 0 spiro atoms. The van der Waals surface area contributed by atoms with Crippen molar-refractivity contribution in [3.05, 3.63) is 12.7 Å². The van der Waals surface area contributed by atoms with Crippen molar-refractivity contribution >= 4 is 29.7 Å². The number of ether oxygens (including phenoxy) is 1. The van der Waals surface area contributed by atoms with Crippen LogP contribution in [0.15, 0.2) is 12.7 Å². The summed E-state index contributed by atoms with van der Waals surface area (Å²) in [6.07, 6.45) is 3.90. The predicted octanol–water partition coefficient (Wildman–Crippen LogP) is 1.07. The third-order valence-electron chi connectivity index (χ3n) is 3.01. The van der Waals surface area contributed by atoms with Crippen LogP contribution in [0, 0.1) is 5.41 Å². The number of imide groups is 1. The number of urea groups is 1. The number of methoxy groups -OCH3 is 1. The Bertz CT molecular complexity index is 394. The van der Waals surface area contributed by atoms with Gasteiger partial charge in [0.25, 0.3) is 0 Å². The Hall–Kier alpha value is -1.50. The SMILES string of the molecule is C=CCNC(=O)NC(=O)CSCC1(CC(=O)OC)CC1. The Morgan fingerprint density at radius 1 is 1.40 bits per heavy atom. The van der Waals surface area contributed by atoms with Crippen molar-refractivity contribution in [3.8, 4) is 0 Å². The van der Waals surface area contributed by atoms with Crippen molar-refractivity contribution < 1.29 is 19.1 Å². The second kappa shape index (κ2) is 7.94. The van der Waals surface area contributed by atoms with Crippen molar-refractivity contribution in [1.29, 1.82) is 0 Å². The highest BCUT2D eigenvalue weighted by molar-refractivity contribution is 8.00. The van der Waals surface area contributed by atoms with Gasteiger partial charge >= 0.3 is 12.0 Å². The standard InChI is InChI=1S/C13H20N2O4S/c1-3-6-14-12(18)15-10(16)8-20-9-13(4-5-13)7-11(17)19-2/h3H,1,4-9H2,2H3,(H2,14,15,16,18). The summed E-state index contributed by atoms with van der Waals surface area (Å²) in [6, 6.07) is -0.522. The molecule has 0 unspecified atom stereocenters. The molecule has 0 bridgehead atoms. The van der Waals surface area contributed by atoms with Crippen molar-refractivity contribution in [2.45, 2.75) is 19.3 Å². The van der Waals surface area contributed by atoms with E-state index >= 15 is 0 Å². The number of carbonyl (C=O) groups excluding carboxylic acids is 3. The van der Waals surface area contributed by atoms with Gasteiger partial charge in [0, 0.05) is 6.54 Å². The van der Waals surface area contributed by atoms with Crippen molar-refractivity contribution in [2.75, 3.05) is 25.2 Å². The zero-order valence-electron chi connectivity index (χ0n) is 11.6. The molecule has 0 heterocycles. The number of esters is 1. The molecule has 0 aliphatic heterocycles. The van der Waals surface area contributed by atoms with E-state index in [-0.39, 0.29) is 23.0 Å². The summed E-state index contributed by atoms with van der Waals surface area (Å²) in [5.74, 6) is 0.371. The van der Waals surface area contributed by atoms with E-state index in [1.165, 1.54) is 24.9 Å². The molecule has 0 saturated heterocycles. The number of carbonyl (C=O) groups is 3. The fourth-order valence-corrected chi connectivity index (χ4v) is 2.84. The van der Waals surface area contributed by atoms with Gasteiger partial charge in [-0.15, -0.1) is 6.58 Å². The first kappa shape index (κ1) is 16.6. The summed E-state index contributed by atoms with van der Waals surface area (Å²) in [5.41, 5.74) is -0.0108. The first-order valence-corrected chi connectivity index (χ1v) is 7.50. The zero-order valence-corrected chi connectivity index (χ0v) is 12.4. The lowest BCUT2D eigenvalue weighted by atomic mass is 10.1. The summed E-state index contributed by atoms with van der Waals surface area (Å²) in [7, 11) is 1.38. The van der Waals surface area contributed by atoms with E-state index in [0.29, 0.717) is 13.0 Å². The Morgan fingerprint density at radius 2 is 2.10 bits per heavy atom. The van der Waals surface area contributed by atoms with Crippen LogP contribution in [0.1, 0.15) is 19.3 Å². The summed E-state index contributed by atoms with van der Waals surface area (Å²) < 4.78 is 4.66. The topological polar surface area (TPSA) is 84.5 Å². The third-order valence-corrected chi connectivity index (χ3v) is 4.29. The minimum Gasteiger partial charge on any atom is -0.469 e. The maximum Gasteiger partial charge on any atom is 0.321 e. The number of rotatable bonds is 8. The monoisotopic (exact) mass is 300 g/mol. The summed E-state index contributed by atoms with van der Waals surface area (Å²) >= 11 is 1.43. The quantitative estimate of drug-likeness (QED) is 0.517. The van der Waals surface area contributed by atoms with Crippen LogP contribution in [0.5, 0.6) is 0 Å². The Kier molecular flexibility index (Phi) is 6.57. The fraction of sp³-hybridized carbons (Fsp3) is 0.615. The first-order chi connectivity index (χ1) is 9.51. The third kappa shape index (κ3) is 6.10. The lowest BCUT2D eigenvalue weighted by molar-refractivity contribution is -0.141. The second-order valence-corrected chi connectivity index (χ2v) is 5.78. The van der Waals surface area contributed by atoms with Gasteiger partial charge in [-0.1, -0.05) is 6.08 Å². The number of thioether (sulfide) groups is 1. The molecule has 1 rings (SSSR count). The molecule has 20 heavy (non-hydrogen) atoms. The molecule has 0 atom stereocenters. The molecule has 112 valence electrons. The molecule has 7 heteroatoms. The molecule has 1 fully saturated rings. The van der Waals surface area contributed by atoms with Gasteiger partial charge in [0.15, 0.2) is 0 Å². The van der Waals surface area contributed by atoms with E-state index in [9.17, 15) is 14.4 Å². The molecule has 6 nitrogen and oxygen atoms in total. The van der Waals surface area contributed by atoms with Crippen molar-refractivity contribution in [1.82, 2.24) is 10.6 Å². The number of hydrogen-bond acceptors (Lipinski definition) is 5. The van der Waals surface area contributed by atoms with Crippen LogP contribution >= 0.6 is 11.8 Å². The van der Waals surface area contributed by atoms with Crippen LogP contribution in [-0.4, -0.2) is 43.1 Å². The highest BCUT2D eigenvalue weighted by Gasteiger charge is 2.44. The molecular weight excluding hydrogens is 280 g/mol. The Balaban J connectivity index is 2.17. The van der Waals surface area contributed by atoms with Crippen LogP contribution in [0.3, 0.4) is 0 Å². The number of hydrogen-bond donors (Lipinski definition) is 2. The Morgan fingerprint density at radius 3 is 2.65 bits per heavy atom. The largest absolute Gasteiger partial charge is 0.469 e. The van der Waals surface area contributed by atoms with Crippen molar-refractivity contribution in [3.63, 3.8) is 0 Å². The molecule has 3 amide bonds. The van der Waals surface area contributed by atoms with Gasteiger partial charge in [-0.2, -0.15) is 11.8 Å². The zero-order chi connectivity index (χ0) is 15.0. The van der Waals surface area contributed by atoms with Gasteiger partial charge in [-0.3, -0.25) is 14.9 Å². The lowest BCUT2D eigenvalue weighted by Crippen LogP contribution is -2.40. The molecule has 0 aromatic carbocycles. The lowest BCUT2D eigenvalue weighted by Gasteiger charge is -2.12. The minimum atomic E-state index is -0.522. The maximum atomic E-state index is 11.5. The Labute approximate surface area is 122 Å². The van der Waals surface area contributed by atoms with Gasteiger partial charge < -0.3 is 10.1 Å². The average Bonchev–Trinajstić information content (AvgIpc) is 3.15. The van der Waals surface area contributed by atoms with Crippen molar-refractivity contribution in [2.24, 2.45) is 5.41 Å². The summed E-state index contributed by atoms with van der Waals surface area (Å²) in [6.45, 7) is 3.77. The molecule has 1 aliphatic carbocycles. The highest BCUT2D eigenvalue weighted by atomic mass is 32.2. The second-order valence-electron chi connectivity index (χ2n) is 4.79. The molecule has 0 radical (unpaired) electrons. The van der Waals surface area contributed by atoms with Crippen LogP contribution < -0.4 is 10.6 Å². The summed E-state index contributed by atoms with van der Waals surface area (Å²) in [4.78, 5) is 33.9. The van der Waals surface area contributed by atoms with E-state index < -0.39 is 6.03 Å². The van der Waals surface area contributed by atoms with Crippen LogP contribution in [-0.2, 0) is 14.3 Å². The van der Waals surface area contributed by atoms with E-state index in [2.05, 4.69) is 21.9 Å². The van der Waals surface area contributed by atoms with Crippen LogP contribution in [0.25, 0.3) is 0 Å². The van der Waals surface area contributed by atoms with E-state index in [1.807, 2.05) is 0 Å². The smallest absolute Gasteiger partial charge is 0.321 e. The van der Waals surface area contributed by atoms with Gasteiger partial charge in [0.05, 0.1) is 19.3 Å². The van der Waals surface area contributed by atoms with E-state index in [0.717, 1.165) is 18.6 Å². The summed E-state index contributed by atoms with van der Waals surface area (Å²) in [5, 5.41) is 4.68. The first-order valence-electron chi connectivity index (χ1n) is 6.34. The van der Waals surface area contributed by atoms with Gasteiger partial charge in [0.2, 0.25) is 5.91 Å². The predicted molar refractivity (Wildman–Crippen MR) is 77.4 cm³/mol. The molecule has 0 aromatic heterocycles. The van der Waals surface area contributed by atoms with E-state index in [4.69, 9.17) is 0 Å². The molecule has 2 N–H and O–H groups in total. The fourth-order valence-electron chi connectivity index (χ4n) is 1.66. The van der Waals surface area contributed by atoms with Crippen LogP contribution in [0.2, 0.25) is 0 Å².